The Labute approximate surface area is 165 Å². The maximum atomic E-state index is 9.87. The normalized spacial score (nSPS) is 14.4. The number of nitrogens with zero attached hydrogens (tertiary/aromatic N) is 6. The van der Waals surface area contributed by atoms with E-state index in [9.17, 15) is 10.4 Å². The average Bonchev–Trinajstić information content (AvgIpc) is 3.06. The van der Waals surface area contributed by atoms with Crippen LogP contribution in [0.25, 0.3) is 27.7 Å². The number of halogens is 1. The second-order valence-electron chi connectivity index (χ2n) is 6.88. The molecule has 0 spiro atoms. The molecule has 4 heterocycles. The molecule has 7 nitrogen and oxygen atoms in total. The van der Waals surface area contributed by atoms with Gasteiger partial charge in [0.1, 0.15) is 17.5 Å². The molecule has 0 aliphatic carbocycles. The molecule has 1 fully saturated rings. The molecule has 0 radical (unpaired) electrons. The second-order valence-corrected chi connectivity index (χ2v) is 7.32. The summed E-state index contributed by atoms with van der Waals surface area (Å²) in [5.41, 5.74) is 4.37. The number of fused-ring (bicyclic) bond motifs is 2. The predicted molar refractivity (Wildman–Crippen MR) is 106 cm³/mol. The maximum Gasteiger partial charge on any atom is 0.175 e. The third-order valence-electron chi connectivity index (χ3n) is 5.06. The molecule has 8 heteroatoms. The fourth-order valence-corrected chi connectivity index (χ4v) is 3.91. The number of pyridine rings is 1. The number of aliphatic hydroxyl groups is 1. The van der Waals surface area contributed by atoms with E-state index >= 15 is 0 Å². The van der Waals surface area contributed by atoms with Gasteiger partial charge < -0.3 is 10.0 Å². The standard InChI is InChI=1S/C20H15ClN6O/c1-11-18(16-4-5-23-17-6-13(21)2-3-15(16)17)20(26-9-14(28)10-26)27-19(25-11)12(7-22)8-24-27/h2-6,8,14,28H,9-10H2,1H3. The Morgan fingerprint density at radius 2 is 2.11 bits per heavy atom. The summed E-state index contributed by atoms with van der Waals surface area (Å²) in [6.07, 6.45) is 2.89. The van der Waals surface area contributed by atoms with Crippen molar-refractivity contribution in [3.05, 3.63) is 52.9 Å². The van der Waals surface area contributed by atoms with Gasteiger partial charge in [-0.3, -0.25) is 4.98 Å². The number of rotatable bonds is 2. The summed E-state index contributed by atoms with van der Waals surface area (Å²) in [6.45, 7) is 2.93. The number of benzene rings is 1. The summed E-state index contributed by atoms with van der Waals surface area (Å²) in [6, 6.07) is 9.70. The SMILES string of the molecule is Cc1nc2c(C#N)cnn2c(N2CC(O)C2)c1-c1ccnc2cc(Cl)ccc12. The molecule has 1 aromatic carbocycles. The summed E-state index contributed by atoms with van der Waals surface area (Å²) in [4.78, 5) is 11.2. The van der Waals surface area contributed by atoms with Gasteiger partial charge >= 0.3 is 0 Å². The lowest BCUT2D eigenvalue weighted by Crippen LogP contribution is -2.51. The zero-order valence-corrected chi connectivity index (χ0v) is 15.7. The minimum absolute atomic E-state index is 0.379. The van der Waals surface area contributed by atoms with Gasteiger partial charge in [0.25, 0.3) is 0 Å². The maximum absolute atomic E-state index is 9.87. The highest BCUT2D eigenvalue weighted by molar-refractivity contribution is 6.31. The lowest BCUT2D eigenvalue weighted by molar-refractivity contribution is 0.141. The van der Waals surface area contributed by atoms with Crippen LogP contribution in [0, 0.1) is 18.3 Å². The molecule has 28 heavy (non-hydrogen) atoms. The Morgan fingerprint density at radius 3 is 2.86 bits per heavy atom. The van der Waals surface area contributed by atoms with E-state index in [1.165, 1.54) is 6.20 Å². The number of anilines is 1. The molecule has 1 saturated heterocycles. The van der Waals surface area contributed by atoms with Gasteiger partial charge in [-0.1, -0.05) is 17.7 Å². The first kappa shape index (κ1) is 16.9. The average molecular weight is 391 g/mol. The topological polar surface area (TPSA) is 90.3 Å². The molecule has 0 amide bonds. The van der Waals surface area contributed by atoms with Crippen molar-refractivity contribution in [2.24, 2.45) is 0 Å². The Bertz CT molecular complexity index is 1290. The van der Waals surface area contributed by atoms with Crippen LogP contribution in [0.2, 0.25) is 5.02 Å². The van der Waals surface area contributed by atoms with Gasteiger partial charge in [0.15, 0.2) is 5.65 Å². The monoisotopic (exact) mass is 390 g/mol. The number of aryl methyl sites for hydroxylation is 1. The van der Waals surface area contributed by atoms with Gasteiger partial charge in [0.2, 0.25) is 0 Å². The highest BCUT2D eigenvalue weighted by Gasteiger charge is 2.31. The number of hydrogen-bond donors (Lipinski definition) is 1. The molecule has 1 aliphatic rings. The van der Waals surface area contributed by atoms with E-state index in [2.05, 4.69) is 26.0 Å². The fourth-order valence-electron chi connectivity index (χ4n) is 3.74. The van der Waals surface area contributed by atoms with Gasteiger partial charge in [0.05, 0.1) is 23.5 Å². The highest BCUT2D eigenvalue weighted by atomic mass is 35.5. The molecule has 4 aromatic rings. The number of nitriles is 1. The Hall–Kier alpha value is -3.21. The van der Waals surface area contributed by atoms with Crippen LogP contribution in [0.4, 0.5) is 5.82 Å². The van der Waals surface area contributed by atoms with E-state index < -0.39 is 0 Å². The minimum Gasteiger partial charge on any atom is -0.389 e. The molecule has 0 atom stereocenters. The largest absolute Gasteiger partial charge is 0.389 e. The summed E-state index contributed by atoms with van der Waals surface area (Å²) in [5, 5.41) is 25.3. The van der Waals surface area contributed by atoms with Crippen LogP contribution in [-0.2, 0) is 0 Å². The van der Waals surface area contributed by atoms with Crippen molar-refractivity contribution >= 4 is 34.0 Å². The highest BCUT2D eigenvalue weighted by Crippen LogP contribution is 2.39. The molecular weight excluding hydrogens is 376 g/mol. The predicted octanol–water partition coefficient (Wildman–Crippen LogP) is 2.96. The first-order valence-electron chi connectivity index (χ1n) is 8.83. The van der Waals surface area contributed by atoms with Crippen LogP contribution in [0.5, 0.6) is 0 Å². The van der Waals surface area contributed by atoms with Crippen LogP contribution >= 0.6 is 11.6 Å². The van der Waals surface area contributed by atoms with E-state index in [1.807, 2.05) is 31.2 Å². The molecule has 138 valence electrons. The van der Waals surface area contributed by atoms with Gasteiger partial charge in [-0.15, -0.1) is 0 Å². The van der Waals surface area contributed by atoms with E-state index in [0.29, 0.717) is 29.3 Å². The van der Waals surface area contributed by atoms with Crippen LogP contribution < -0.4 is 4.90 Å². The van der Waals surface area contributed by atoms with E-state index in [1.54, 1.807) is 10.7 Å². The first-order chi connectivity index (χ1) is 13.6. The van der Waals surface area contributed by atoms with E-state index in [0.717, 1.165) is 33.5 Å². The van der Waals surface area contributed by atoms with Crippen LogP contribution in [-0.4, -0.2) is 43.9 Å². The third-order valence-corrected chi connectivity index (χ3v) is 5.29. The summed E-state index contributed by atoms with van der Waals surface area (Å²) in [7, 11) is 0. The van der Waals surface area contributed by atoms with Crippen molar-refractivity contribution < 1.29 is 5.11 Å². The summed E-state index contributed by atoms with van der Waals surface area (Å²) in [5.74, 6) is 0.816. The molecule has 1 N–H and O–H groups in total. The molecule has 1 aliphatic heterocycles. The van der Waals surface area contributed by atoms with Gasteiger partial charge in [-0.2, -0.15) is 14.9 Å². The second kappa shape index (κ2) is 6.16. The molecule has 0 unspecified atom stereocenters. The van der Waals surface area contributed by atoms with Gasteiger partial charge in [-0.05, 0) is 30.7 Å². The number of aliphatic hydroxyl groups excluding tert-OH is 1. The van der Waals surface area contributed by atoms with Crippen molar-refractivity contribution in [2.75, 3.05) is 18.0 Å². The smallest absolute Gasteiger partial charge is 0.175 e. The van der Waals surface area contributed by atoms with Gasteiger partial charge in [0, 0.05) is 35.3 Å². The lowest BCUT2D eigenvalue weighted by atomic mass is 9.98. The number of hydrogen-bond acceptors (Lipinski definition) is 6. The quantitative estimate of drug-likeness (QED) is 0.566. The Balaban J connectivity index is 1.86. The Morgan fingerprint density at radius 1 is 1.29 bits per heavy atom. The number of β-amino-alcohol motifs (C(OH)–C–C–N with tert-alkyl or cyclic N) is 1. The van der Waals surface area contributed by atoms with E-state index in [4.69, 9.17) is 11.6 Å². The molecule has 0 bridgehead atoms. The van der Waals surface area contributed by atoms with Crippen molar-refractivity contribution in [1.82, 2.24) is 19.6 Å². The summed E-state index contributed by atoms with van der Waals surface area (Å²) >= 11 is 6.14. The van der Waals surface area contributed by atoms with Crippen LogP contribution in [0.1, 0.15) is 11.3 Å². The van der Waals surface area contributed by atoms with Gasteiger partial charge in [-0.25, -0.2) is 4.98 Å². The lowest BCUT2D eigenvalue weighted by Gasteiger charge is -2.39. The molecular formula is C20H15ClN6O. The van der Waals surface area contributed by atoms with Crippen molar-refractivity contribution in [1.29, 1.82) is 5.26 Å². The van der Waals surface area contributed by atoms with Crippen molar-refractivity contribution in [3.8, 4) is 17.2 Å². The summed E-state index contributed by atoms with van der Waals surface area (Å²) < 4.78 is 1.69. The van der Waals surface area contributed by atoms with Crippen LogP contribution in [0.15, 0.2) is 36.7 Å². The van der Waals surface area contributed by atoms with Crippen molar-refractivity contribution in [2.45, 2.75) is 13.0 Å². The van der Waals surface area contributed by atoms with Crippen molar-refractivity contribution in [3.63, 3.8) is 0 Å². The molecule has 0 saturated carbocycles. The first-order valence-corrected chi connectivity index (χ1v) is 9.20. The zero-order valence-electron chi connectivity index (χ0n) is 15.0. The Kier molecular flexibility index (Phi) is 3.72. The molecule has 5 rings (SSSR count). The number of aromatic nitrogens is 4. The van der Waals surface area contributed by atoms with Crippen LogP contribution in [0.3, 0.4) is 0 Å². The van der Waals surface area contributed by atoms with E-state index in [-0.39, 0.29) is 6.10 Å². The zero-order chi connectivity index (χ0) is 19.4. The molecule has 3 aromatic heterocycles. The minimum atomic E-state index is -0.379. The third kappa shape index (κ3) is 2.43. The fraction of sp³-hybridized carbons (Fsp3) is 0.200.